The Hall–Kier alpha value is -0.960. The van der Waals surface area contributed by atoms with E-state index in [1.807, 2.05) is 12.4 Å². The second-order valence-corrected chi connectivity index (χ2v) is 4.80. The highest BCUT2D eigenvalue weighted by atomic mass is 14.9. The maximum Gasteiger partial charge on any atom is 0.131 e. The first-order valence-electron chi connectivity index (χ1n) is 6.36. The summed E-state index contributed by atoms with van der Waals surface area (Å²) in [5.41, 5.74) is 7.07. The quantitative estimate of drug-likeness (QED) is 0.846. The van der Waals surface area contributed by atoms with Crippen LogP contribution in [0.2, 0.25) is 0 Å². The van der Waals surface area contributed by atoms with Crippen LogP contribution in [0.3, 0.4) is 0 Å². The highest BCUT2D eigenvalue weighted by Crippen LogP contribution is 2.31. The first-order valence-corrected chi connectivity index (χ1v) is 6.36. The summed E-state index contributed by atoms with van der Waals surface area (Å²) in [4.78, 5) is 8.96. The molecule has 1 heterocycles. The summed E-state index contributed by atoms with van der Waals surface area (Å²) < 4.78 is 0. The summed E-state index contributed by atoms with van der Waals surface area (Å²) in [6.45, 7) is 2.11. The standard InChI is InChI=1S/C13H21N3/c1-2-12(14)7-10-8-15-13(16-9-10)11-5-3-4-6-11/h8-9,11-12H,2-7,14H2,1H3. The van der Waals surface area contributed by atoms with Crippen LogP contribution in [0.15, 0.2) is 12.4 Å². The Labute approximate surface area is 97.5 Å². The van der Waals surface area contributed by atoms with E-state index in [1.165, 1.54) is 25.7 Å². The van der Waals surface area contributed by atoms with Crippen LogP contribution in [0.25, 0.3) is 0 Å². The van der Waals surface area contributed by atoms with Crippen molar-refractivity contribution in [2.24, 2.45) is 5.73 Å². The van der Waals surface area contributed by atoms with E-state index in [1.54, 1.807) is 0 Å². The molecule has 3 nitrogen and oxygen atoms in total. The summed E-state index contributed by atoms with van der Waals surface area (Å²) in [6.07, 6.45) is 11.0. The molecule has 3 heteroatoms. The van der Waals surface area contributed by atoms with Gasteiger partial charge in [0.25, 0.3) is 0 Å². The van der Waals surface area contributed by atoms with E-state index < -0.39 is 0 Å². The minimum absolute atomic E-state index is 0.237. The van der Waals surface area contributed by atoms with Crippen LogP contribution < -0.4 is 5.73 Å². The van der Waals surface area contributed by atoms with Crippen molar-refractivity contribution in [1.82, 2.24) is 9.97 Å². The maximum absolute atomic E-state index is 5.91. The molecule has 1 unspecified atom stereocenters. The van der Waals surface area contributed by atoms with E-state index >= 15 is 0 Å². The summed E-state index contributed by atoms with van der Waals surface area (Å²) in [5, 5.41) is 0. The second kappa shape index (κ2) is 5.39. The Bertz CT molecular complexity index is 314. The Morgan fingerprint density at radius 2 is 1.94 bits per heavy atom. The molecule has 0 amide bonds. The molecule has 0 bridgehead atoms. The first kappa shape index (κ1) is 11.5. The summed E-state index contributed by atoms with van der Waals surface area (Å²) in [6, 6.07) is 0.237. The van der Waals surface area contributed by atoms with Crippen LogP contribution in [-0.4, -0.2) is 16.0 Å². The van der Waals surface area contributed by atoms with Crippen LogP contribution in [0, 0.1) is 0 Å². The number of nitrogens with zero attached hydrogens (tertiary/aromatic N) is 2. The zero-order valence-electron chi connectivity index (χ0n) is 10.0. The molecule has 1 aromatic rings. The van der Waals surface area contributed by atoms with Crippen LogP contribution in [0.5, 0.6) is 0 Å². The minimum Gasteiger partial charge on any atom is -0.327 e. The van der Waals surface area contributed by atoms with Crippen LogP contribution in [0.4, 0.5) is 0 Å². The number of aromatic nitrogens is 2. The molecule has 0 aliphatic heterocycles. The van der Waals surface area contributed by atoms with Crippen molar-refractivity contribution in [2.45, 2.75) is 57.4 Å². The normalized spacial score (nSPS) is 18.9. The third kappa shape index (κ3) is 2.79. The van der Waals surface area contributed by atoms with Gasteiger partial charge in [-0.25, -0.2) is 9.97 Å². The Balaban J connectivity index is 1.98. The van der Waals surface area contributed by atoms with Crippen molar-refractivity contribution in [2.75, 3.05) is 0 Å². The molecule has 88 valence electrons. The van der Waals surface area contributed by atoms with Crippen molar-refractivity contribution < 1.29 is 0 Å². The molecule has 1 fully saturated rings. The van der Waals surface area contributed by atoms with Crippen LogP contribution in [0.1, 0.15) is 56.3 Å². The van der Waals surface area contributed by atoms with Gasteiger partial charge in [-0.1, -0.05) is 19.8 Å². The van der Waals surface area contributed by atoms with Gasteiger partial charge in [0.05, 0.1) is 0 Å². The molecule has 1 atom stereocenters. The summed E-state index contributed by atoms with van der Waals surface area (Å²) in [5.74, 6) is 1.64. The van der Waals surface area contributed by atoms with Gasteiger partial charge in [0.15, 0.2) is 0 Å². The molecule has 0 radical (unpaired) electrons. The van der Waals surface area contributed by atoms with Gasteiger partial charge in [-0.2, -0.15) is 0 Å². The van der Waals surface area contributed by atoms with E-state index in [-0.39, 0.29) is 6.04 Å². The lowest BCUT2D eigenvalue weighted by Crippen LogP contribution is -2.21. The first-order chi connectivity index (χ1) is 7.79. The summed E-state index contributed by atoms with van der Waals surface area (Å²) >= 11 is 0. The van der Waals surface area contributed by atoms with E-state index in [2.05, 4.69) is 16.9 Å². The van der Waals surface area contributed by atoms with Crippen molar-refractivity contribution in [1.29, 1.82) is 0 Å². The third-order valence-corrected chi connectivity index (χ3v) is 3.47. The molecule has 16 heavy (non-hydrogen) atoms. The van der Waals surface area contributed by atoms with E-state index in [9.17, 15) is 0 Å². The molecule has 1 aliphatic carbocycles. The van der Waals surface area contributed by atoms with Gasteiger partial charge in [-0.15, -0.1) is 0 Å². The average molecular weight is 219 g/mol. The van der Waals surface area contributed by atoms with Crippen molar-refractivity contribution in [3.8, 4) is 0 Å². The average Bonchev–Trinajstić information content (AvgIpc) is 2.83. The Morgan fingerprint density at radius 1 is 1.31 bits per heavy atom. The maximum atomic E-state index is 5.91. The van der Waals surface area contributed by atoms with Crippen molar-refractivity contribution in [3.05, 3.63) is 23.8 Å². The predicted octanol–water partition coefficient (Wildman–Crippen LogP) is 2.41. The molecular weight excluding hydrogens is 198 g/mol. The topological polar surface area (TPSA) is 51.8 Å². The lowest BCUT2D eigenvalue weighted by Gasteiger charge is -2.10. The fourth-order valence-corrected chi connectivity index (χ4v) is 2.31. The predicted molar refractivity (Wildman–Crippen MR) is 65.2 cm³/mol. The lowest BCUT2D eigenvalue weighted by molar-refractivity contribution is 0.633. The molecule has 2 rings (SSSR count). The third-order valence-electron chi connectivity index (χ3n) is 3.47. The van der Waals surface area contributed by atoms with Crippen molar-refractivity contribution in [3.63, 3.8) is 0 Å². The number of nitrogens with two attached hydrogens (primary N) is 1. The number of hydrogen-bond donors (Lipinski definition) is 1. The van der Waals surface area contributed by atoms with E-state index in [0.29, 0.717) is 5.92 Å². The second-order valence-electron chi connectivity index (χ2n) is 4.80. The van der Waals surface area contributed by atoms with Gasteiger partial charge < -0.3 is 5.73 Å². The highest BCUT2D eigenvalue weighted by molar-refractivity contribution is 5.09. The lowest BCUT2D eigenvalue weighted by atomic mass is 10.1. The van der Waals surface area contributed by atoms with Gasteiger partial charge in [0.1, 0.15) is 5.82 Å². The Morgan fingerprint density at radius 3 is 2.50 bits per heavy atom. The minimum atomic E-state index is 0.237. The summed E-state index contributed by atoms with van der Waals surface area (Å²) in [7, 11) is 0. The number of rotatable bonds is 4. The fraction of sp³-hybridized carbons (Fsp3) is 0.692. The van der Waals surface area contributed by atoms with Crippen LogP contribution in [-0.2, 0) is 6.42 Å². The zero-order valence-corrected chi connectivity index (χ0v) is 10.0. The molecule has 0 aromatic carbocycles. The molecular formula is C13H21N3. The molecule has 1 aromatic heterocycles. The van der Waals surface area contributed by atoms with Gasteiger partial charge in [-0.05, 0) is 31.2 Å². The Kier molecular flexibility index (Phi) is 3.88. The highest BCUT2D eigenvalue weighted by Gasteiger charge is 2.19. The molecule has 0 spiro atoms. The van der Waals surface area contributed by atoms with E-state index in [0.717, 1.165) is 24.2 Å². The molecule has 1 aliphatic rings. The van der Waals surface area contributed by atoms with Gasteiger partial charge >= 0.3 is 0 Å². The van der Waals surface area contributed by atoms with Gasteiger partial charge in [-0.3, -0.25) is 0 Å². The smallest absolute Gasteiger partial charge is 0.131 e. The zero-order chi connectivity index (χ0) is 11.4. The largest absolute Gasteiger partial charge is 0.327 e. The van der Waals surface area contributed by atoms with Gasteiger partial charge in [0, 0.05) is 24.4 Å². The monoisotopic (exact) mass is 219 g/mol. The molecule has 0 saturated heterocycles. The van der Waals surface area contributed by atoms with Gasteiger partial charge in [0.2, 0.25) is 0 Å². The van der Waals surface area contributed by atoms with E-state index in [4.69, 9.17) is 5.73 Å². The molecule has 2 N–H and O–H groups in total. The fourth-order valence-electron chi connectivity index (χ4n) is 2.31. The SMILES string of the molecule is CCC(N)Cc1cnc(C2CCCC2)nc1. The molecule has 1 saturated carbocycles. The number of hydrogen-bond acceptors (Lipinski definition) is 3. The van der Waals surface area contributed by atoms with Crippen LogP contribution >= 0.6 is 0 Å². The van der Waals surface area contributed by atoms with Crippen molar-refractivity contribution >= 4 is 0 Å².